The summed E-state index contributed by atoms with van der Waals surface area (Å²) in [6, 6.07) is 14.3. The molecular formula is C25H25N3O5S. The Kier molecular flexibility index (Phi) is 7.32. The van der Waals surface area contributed by atoms with Crippen LogP contribution in [0.15, 0.2) is 53.4 Å². The smallest absolute Gasteiger partial charge is 0.294 e. The summed E-state index contributed by atoms with van der Waals surface area (Å²) in [6.07, 6.45) is 3.51. The molecule has 2 aromatic carbocycles. The Bertz CT molecular complexity index is 1140. The molecule has 0 radical (unpaired) electrons. The predicted molar refractivity (Wildman–Crippen MR) is 130 cm³/mol. The van der Waals surface area contributed by atoms with Crippen LogP contribution in [0, 0.1) is 6.92 Å². The van der Waals surface area contributed by atoms with E-state index in [0.717, 1.165) is 40.8 Å². The van der Waals surface area contributed by atoms with Crippen molar-refractivity contribution in [3.05, 3.63) is 64.6 Å². The third kappa shape index (κ3) is 5.66. The first-order valence-electron chi connectivity index (χ1n) is 11.0. The summed E-state index contributed by atoms with van der Waals surface area (Å²) < 4.78 is 5.54. The van der Waals surface area contributed by atoms with E-state index >= 15 is 0 Å². The number of hydrogen-bond acceptors (Lipinski definition) is 6. The highest BCUT2D eigenvalue weighted by molar-refractivity contribution is 8.18. The summed E-state index contributed by atoms with van der Waals surface area (Å²) >= 11 is 0.825. The summed E-state index contributed by atoms with van der Waals surface area (Å²) in [4.78, 5) is 52.4. The molecule has 8 nitrogen and oxygen atoms in total. The second-order valence-electron chi connectivity index (χ2n) is 8.08. The zero-order chi connectivity index (χ0) is 24.1. The van der Waals surface area contributed by atoms with E-state index in [-0.39, 0.29) is 29.9 Å². The lowest BCUT2D eigenvalue weighted by Gasteiger charge is -2.18. The van der Waals surface area contributed by atoms with Gasteiger partial charge in [0.05, 0.1) is 4.91 Å². The quantitative estimate of drug-likeness (QED) is 0.609. The minimum absolute atomic E-state index is 0.141. The van der Waals surface area contributed by atoms with Crippen LogP contribution in [0.4, 0.5) is 10.5 Å². The molecule has 2 aliphatic rings. The number of ether oxygens (including phenoxy) is 1. The van der Waals surface area contributed by atoms with Crippen LogP contribution in [0.1, 0.15) is 24.0 Å². The molecule has 0 atom stereocenters. The molecule has 2 aliphatic heterocycles. The van der Waals surface area contributed by atoms with Gasteiger partial charge >= 0.3 is 0 Å². The van der Waals surface area contributed by atoms with Crippen molar-refractivity contribution in [2.45, 2.75) is 19.8 Å². The number of likely N-dealkylation sites (tertiary alicyclic amines) is 1. The number of carbonyl (C=O) groups is 4. The third-order valence-electron chi connectivity index (χ3n) is 5.59. The van der Waals surface area contributed by atoms with Crippen molar-refractivity contribution >= 4 is 46.5 Å². The first kappa shape index (κ1) is 23.6. The number of para-hydroxylation sites is 1. The van der Waals surface area contributed by atoms with Gasteiger partial charge < -0.3 is 15.0 Å². The Hall–Kier alpha value is -3.59. The van der Waals surface area contributed by atoms with Crippen LogP contribution in [-0.4, -0.2) is 59.0 Å². The predicted octanol–water partition coefficient (Wildman–Crippen LogP) is 3.67. The lowest BCUT2D eigenvalue weighted by atomic mass is 10.2. The number of anilines is 1. The highest BCUT2D eigenvalue weighted by Crippen LogP contribution is 2.32. The minimum atomic E-state index is -0.462. The Morgan fingerprint density at radius 1 is 1.06 bits per heavy atom. The van der Waals surface area contributed by atoms with Gasteiger partial charge in [-0.3, -0.25) is 24.1 Å². The molecule has 0 unspecified atom stereocenters. The summed E-state index contributed by atoms with van der Waals surface area (Å²) in [7, 11) is 0. The van der Waals surface area contributed by atoms with Crippen molar-refractivity contribution in [3.63, 3.8) is 0 Å². The highest BCUT2D eigenvalue weighted by atomic mass is 32.2. The molecule has 1 N–H and O–H groups in total. The van der Waals surface area contributed by atoms with E-state index in [2.05, 4.69) is 5.32 Å². The van der Waals surface area contributed by atoms with Crippen molar-refractivity contribution in [2.75, 3.05) is 31.6 Å². The van der Waals surface area contributed by atoms with Gasteiger partial charge in [-0.25, -0.2) is 0 Å². The second-order valence-corrected chi connectivity index (χ2v) is 9.07. The maximum Gasteiger partial charge on any atom is 0.294 e. The normalized spacial score (nSPS) is 16.9. The minimum Gasteiger partial charge on any atom is -0.484 e. The third-order valence-corrected chi connectivity index (χ3v) is 6.50. The number of imide groups is 1. The number of benzene rings is 2. The van der Waals surface area contributed by atoms with Crippen molar-refractivity contribution in [1.29, 1.82) is 0 Å². The molecule has 0 aliphatic carbocycles. The highest BCUT2D eigenvalue weighted by Gasteiger charge is 2.37. The second kappa shape index (κ2) is 10.6. The standard InChI is InChI=1S/C25H25N3O5S/c1-17-6-2-3-7-20(17)26-22(29)16-33-19-10-8-18(9-11-19)14-21-24(31)28(25(32)34-21)15-23(30)27-12-4-5-13-27/h2-3,6-11,14H,4-5,12-13,15-16H2,1H3,(H,26,29)/b21-14-. The van der Waals surface area contributed by atoms with Gasteiger partial charge in [-0.05, 0) is 66.9 Å². The van der Waals surface area contributed by atoms with Gasteiger partial charge in [0.15, 0.2) is 6.61 Å². The lowest BCUT2D eigenvalue weighted by Crippen LogP contribution is -2.40. The number of thioether (sulfide) groups is 1. The van der Waals surface area contributed by atoms with Gasteiger partial charge in [-0.2, -0.15) is 0 Å². The number of aryl methyl sites for hydroxylation is 1. The number of amides is 4. The van der Waals surface area contributed by atoms with Crippen LogP contribution in [0.25, 0.3) is 6.08 Å². The largest absolute Gasteiger partial charge is 0.484 e. The van der Waals surface area contributed by atoms with Gasteiger partial charge in [-0.15, -0.1) is 0 Å². The average molecular weight is 480 g/mol. The molecule has 0 saturated carbocycles. The monoisotopic (exact) mass is 479 g/mol. The summed E-state index contributed by atoms with van der Waals surface area (Å²) in [5.41, 5.74) is 2.40. The van der Waals surface area contributed by atoms with E-state index in [1.165, 1.54) is 0 Å². The van der Waals surface area contributed by atoms with E-state index in [1.54, 1.807) is 35.2 Å². The molecule has 2 saturated heterocycles. The number of hydrogen-bond donors (Lipinski definition) is 1. The molecule has 4 rings (SSSR count). The van der Waals surface area contributed by atoms with Crippen molar-refractivity contribution in [1.82, 2.24) is 9.80 Å². The molecule has 0 spiro atoms. The Balaban J connectivity index is 1.31. The zero-order valence-corrected chi connectivity index (χ0v) is 19.6. The fraction of sp³-hybridized carbons (Fsp3) is 0.280. The van der Waals surface area contributed by atoms with Crippen LogP contribution in [0.5, 0.6) is 5.75 Å². The van der Waals surface area contributed by atoms with Gasteiger partial charge in [0.25, 0.3) is 17.1 Å². The molecule has 2 fully saturated rings. The lowest BCUT2D eigenvalue weighted by molar-refractivity contribution is -0.135. The average Bonchev–Trinajstić information content (AvgIpc) is 3.45. The fourth-order valence-corrected chi connectivity index (χ4v) is 4.54. The number of nitrogens with zero attached hydrogens (tertiary/aromatic N) is 2. The first-order valence-corrected chi connectivity index (χ1v) is 11.8. The van der Waals surface area contributed by atoms with Crippen LogP contribution in [0.3, 0.4) is 0 Å². The summed E-state index contributed by atoms with van der Waals surface area (Å²) in [5.74, 6) is -0.429. The van der Waals surface area contributed by atoms with E-state index in [9.17, 15) is 19.2 Å². The van der Waals surface area contributed by atoms with Crippen LogP contribution < -0.4 is 10.1 Å². The molecule has 0 aromatic heterocycles. The molecule has 0 bridgehead atoms. The summed E-state index contributed by atoms with van der Waals surface area (Å²) in [5, 5.41) is 2.37. The number of rotatable bonds is 7. The maximum absolute atomic E-state index is 12.7. The van der Waals surface area contributed by atoms with Crippen LogP contribution in [0.2, 0.25) is 0 Å². The molecule has 176 valence electrons. The van der Waals surface area contributed by atoms with Crippen molar-refractivity contribution in [2.24, 2.45) is 0 Å². The molecule has 9 heteroatoms. The zero-order valence-electron chi connectivity index (χ0n) is 18.8. The van der Waals surface area contributed by atoms with E-state index in [0.29, 0.717) is 24.4 Å². The van der Waals surface area contributed by atoms with Crippen molar-refractivity contribution in [3.8, 4) is 5.75 Å². The number of nitrogens with one attached hydrogen (secondary N) is 1. The van der Waals surface area contributed by atoms with E-state index < -0.39 is 11.1 Å². The van der Waals surface area contributed by atoms with Crippen molar-refractivity contribution < 1.29 is 23.9 Å². The topological polar surface area (TPSA) is 96.0 Å². The fourth-order valence-electron chi connectivity index (χ4n) is 3.70. The van der Waals surface area contributed by atoms with Gasteiger partial charge in [0.2, 0.25) is 5.91 Å². The van der Waals surface area contributed by atoms with Gasteiger partial charge in [-0.1, -0.05) is 30.3 Å². The molecule has 4 amide bonds. The summed E-state index contributed by atoms with van der Waals surface area (Å²) in [6.45, 7) is 2.89. The SMILES string of the molecule is Cc1ccccc1NC(=O)COc1ccc(/C=C2\SC(=O)N(CC(=O)N3CCCC3)C2=O)cc1. The van der Waals surface area contributed by atoms with Gasteiger partial charge in [0.1, 0.15) is 12.3 Å². The molecule has 34 heavy (non-hydrogen) atoms. The van der Waals surface area contributed by atoms with Gasteiger partial charge in [0, 0.05) is 18.8 Å². The Labute approximate surface area is 201 Å². The Morgan fingerprint density at radius 3 is 2.47 bits per heavy atom. The van der Waals surface area contributed by atoms with E-state index in [1.807, 2.05) is 31.2 Å². The van der Waals surface area contributed by atoms with Crippen LogP contribution in [-0.2, 0) is 14.4 Å². The number of carbonyl (C=O) groups excluding carboxylic acids is 4. The maximum atomic E-state index is 12.7. The molecule has 2 aromatic rings. The first-order chi connectivity index (χ1) is 16.4. The Morgan fingerprint density at radius 2 is 1.76 bits per heavy atom. The molecular weight excluding hydrogens is 454 g/mol. The van der Waals surface area contributed by atoms with E-state index in [4.69, 9.17) is 4.74 Å². The van der Waals surface area contributed by atoms with Crippen LogP contribution >= 0.6 is 11.8 Å². The molecule has 2 heterocycles.